The van der Waals surface area contributed by atoms with Crippen LogP contribution in [0.15, 0.2) is 42.5 Å². The molecule has 2 heteroatoms. The van der Waals surface area contributed by atoms with Gasteiger partial charge in [0.25, 0.3) is 0 Å². The summed E-state index contributed by atoms with van der Waals surface area (Å²) in [5.41, 5.74) is 7.40. The molecule has 2 aromatic carbocycles. The standard InChI is InChI=1S/C17H21NO/c18-16(17(19)13-7-1-2-8-13)15-11-5-9-12-6-3-4-10-14(12)15/h3-6,9-11,13,16-17,19H,1-2,7-8,18H2/t16-,17+/m0/s1. The molecule has 0 saturated heterocycles. The maximum absolute atomic E-state index is 10.5. The van der Waals surface area contributed by atoms with E-state index in [1.807, 2.05) is 24.3 Å². The van der Waals surface area contributed by atoms with Gasteiger partial charge >= 0.3 is 0 Å². The van der Waals surface area contributed by atoms with Crippen LogP contribution in [0.5, 0.6) is 0 Å². The highest BCUT2D eigenvalue weighted by Gasteiger charge is 2.29. The first-order chi connectivity index (χ1) is 9.27. The molecule has 1 fully saturated rings. The van der Waals surface area contributed by atoms with Crippen molar-refractivity contribution in [2.24, 2.45) is 11.7 Å². The van der Waals surface area contributed by atoms with Crippen molar-refractivity contribution in [2.75, 3.05) is 0 Å². The van der Waals surface area contributed by atoms with E-state index < -0.39 is 6.10 Å². The summed E-state index contributed by atoms with van der Waals surface area (Å²) >= 11 is 0. The molecule has 3 rings (SSSR count). The molecule has 0 spiro atoms. The molecule has 0 amide bonds. The molecule has 3 N–H and O–H groups in total. The smallest absolute Gasteiger partial charge is 0.0761 e. The highest BCUT2D eigenvalue weighted by molar-refractivity contribution is 5.86. The van der Waals surface area contributed by atoms with E-state index >= 15 is 0 Å². The van der Waals surface area contributed by atoms with E-state index in [0.29, 0.717) is 5.92 Å². The van der Waals surface area contributed by atoms with Crippen molar-refractivity contribution in [2.45, 2.75) is 37.8 Å². The van der Waals surface area contributed by atoms with Gasteiger partial charge in [0, 0.05) is 0 Å². The van der Waals surface area contributed by atoms with E-state index in [1.54, 1.807) is 0 Å². The van der Waals surface area contributed by atoms with Crippen molar-refractivity contribution in [1.82, 2.24) is 0 Å². The maximum atomic E-state index is 10.5. The third-order valence-electron chi connectivity index (χ3n) is 4.43. The Morgan fingerprint density at radius 3 is 2.47 bits per heavy atom. The normalized spacial score (nSPS) is 19.7. The molecule has 0 radical (unpaired) electrons. The Hall–Kier alpha value is -1.38. The van der Waals surface area contributed by atoms with Gasteiger partial charge in [-0.05, 0) is 35.1 Å². The summed E-state index contributed by atoms with van der Waals surface area (Å²) in [6.45, 7) is 0. The van der Waals surface area contributed by atoms with Gasteiger partial charge in [-0.25, -0.2) is 0 Å². The summed E-state index contributed by atoms with van der Waals surface area (Å²) in [6.07, 6.45) is 4.25. The number of rotatable bonds is 3. The van der Waals surface area contributed by atoms with Gasteiger partial charge in [0.2, 0.25) is 0 Å². The third-order valence-corrected chi connectivity index (χ3v) is 4.43. The molecule has 100 valence electrons. The van der Waals surface area contributed by atoms with Crippen LogP contribution in [0.25, 0.3) is 10.8 Å². The topological polar surface area (TPSA) is 46.2 Å². The lowest BCUT2D eigenvalue weighted by Crippen LogP contribution is -2.32. The molecule has 1 aliphatic carbocycles. The molecule has 2 nitrogen and oxygen atoms in total. The van der Waals surface area contributed by atoms with Gasteiger partial charge in [0.15, 0.2) is 0 Å². The predicted molar refractivity (Wildman–Crippen MR) is 78.8 cm³/mol. The van der Waals surface area contributed by atoms with Crippen LogP contribution in [0.4, 0.5) is 0 Å². The van der Waals surface area contributed by atoms with Gasteiger partial charge < -0.3 is 10.8 Å². The molecular formula is C17H21NO. The summed E-state index contributed by atoms with van der Waals surface area (Å²) in [5.74, 6) is 0.369. The summed E-state index contributed by atoms with van der Waals surface area (Å²) in [4.78, 5) is 0. The summed E-state index contributed by atoms with van der Waals surface area (Å²) in [5, 5.41) is 12.9. The summed E-state index contributed by atoms with van der Waals surface area (Å²) < 4.78 is 0. The Balaban J connectivity index is 1.94. The minimum absolute atomic E-state index is 0.283. The quantitative estimate of drug-likeness (QED) is 0.883. The molecule has 1 aliphatic rings. The molecule has 1 saturated carbocycles. The SMILES string of the molecule is N[C@@H](c1cccc2ccccc12)[C@H](O)C1CCCC1. The highest BCUT2D eigenvalue weighted by Crippen LogP contribution is 2.34. The van der Waals surface area contributed by atoms with Gasteiger partial charge in [-0.2, -0.15) is 0 Å². The van der Waals surface area contributed by atoms with Crippen LogP contribution in [-0.2, 0) is 0 Å². The number of aliphatic hydroxyl groups excluding tert-OH is 1. The fraction of sp³-hybridized carbons (Fsp3) is 0.412. The Labute approximate surface area is 114 Å². The lowest BCUT2D eigenvalue weighted by molar-refractivity contribution is 0.0849. The van der Waals surface area contributed by atoms with Gasteiger partial charge in [0.1, 0.15) is 0 Å². The fourth-order valence-corrected chi connectivity index (χ4v) is 3.32. The fourth-order valence-electron chi connectivity index (χ4n) is 3.32. The third kappa shape index (κ3) is 2.38. The van der Waals surface area contributed by atoms with Crippen LogP contribution in [0.1, 0.15) is 37.3 Å². The Bertz CT molecular complexity index is 555. The molecule has 2 atom stereocenters. The van der Waals surface area contributed by atoms with E-state index in [2.05, 4.69) is 18.2 Å². The van der Waals surface area contributed by atoms with Crippen molar-refractivity contribution < 1.29 is 5.11 Å². The van der Waals surface area contributed by atoms with Crippen molar-refractivity contribution in [3.63, 3.8) is 0 Å². The number of fused-ring (bicyclic) bond motifs is 1. The number of hydrogen-bond donors (Lipinski definition) is 2. The summed E-state index contributed by atoms with van der Waals surface area (Å²) in [6, 6.07) is 14.1. The largest absolute Gasteiger partial charge is 0.391 e. The maximum Gasteiger partial charge on any atom is 0.0761 e. The molecule has 0 aromatic heterocycles. The first kappa shape index (κ1) is 12.6. The van der Waals surface area contributed by atoms with Gasteiger partial charge in [-0.1, -0.05) is 55.3 Å². The Morgan fingerprint density at radius 2 is 1.68 bits per heavy atom. The average Bonchev–Trinajstić information content (AvgIpc) is 2.99. The monoisotopic (exact) mass is 255 g/mol. The van der Waals surface area contributed by atoms with Crippen LogP contribution in [0.2, 0.25) is 0 Å². The highest BCUT2D eigenvalue weighted by atomic mass is 16.3. The zero-order valence-corrected chi connectivity index (χ0v) is 11.1. The predicted octanol–water partition coefficient (Wildman–Crippen LogP) is 3.39. The minimum atomic E-state index is -0.423. The van der Waals surface area contributed by atoms with Crippen molar-refractivity contribution in [1.29, 1.82) is 0 Å². The molecule has 19 heavy (non-hydrogen) atoms. The number of hydrogen-bond acceptors (Lipinski definition) is 2. The molecule has 0 unspecified atom stereocenters. The van der Waals surface area contributed by atoms with Gasteiger partial charge in [0.05, 0.1) is 12.1 Å². The Morgan fingerprint density at radius 1 is 1.00 bits per heavy atom. The van der Waals surface area contributed by atoms with Crippen LogP contribution in [-0.4, -0.2) is 11.2 Å². The van der Waals surface area contributed by atoms with Crippen LogP contribution >= 0.6 is 0 Å². The lowest BCUT2D eigenvalue weighted by Gasteiger charge is -2.25. The summed E-state index contributed by atoms with van der Waals surface area (Å²) in [7, 11) is 0. The second-order valence-corrected chi connectivity index (χ2v) is 5.63. The van der Waals surface area contributed by atoms with E-state index in [-0.39, 0.29) is 6.04 Å². The van der Waals surface area contributed by atoms with Crippen molar-refractivity contribution >= 4 is 10.8 Å². The average molecular weight is 255 g/mol. The second-order valence-electron chi connectivity index (χ2n) is 5.63. The van der Waals surface area contributed by atoms with E-state index in [0.717, 1.165) is 23.8 Å². The number of benzene rings is 2. The van der Waals surface area contributed by atoms with Crippen molar-refractivity contribution in [3.8, 4) is 0 Å². The van der Waals surface area contributed by atoms with Crippen LogP contribution in [0, 0.1) is 5.92 Å². The molecule has 0 heterocycles. The molecule has 0 bridgehead atoms. The molecule has 2 aromatic rings. The number of aliphatic hydroxyl groups is 1. The molecule has 0 aliphatic heterocycles. The zero-order valence-electron chi connectivity index (χ0n) is 11.1. The zero-order chi connectivity index (χ0) is 13.2. The van der Waals surface area contributed by atoms with E-state index in [1.165, 1.54) is 18.2 Å². The van der Waals surface area contributed by atoms with Crippen LogP contribution < -0.4 is 5.73 Å². The number of nitrogens with two attached hydrogens (primary N) is 1. The second kappa shape index (κ2) is 5.32. The van der Waals surface area contributed by atoms with Crippen molar-refractivity contribution in [3.05, 3.63) is 48.0 Å². The first-order valence-electron chi connectivity index (χ1n) is 7.18. The molecular weight excluding hydrogens is 234 g/mol. The van der Waals surface area contributed by atoms with Gasteiger partial charge in [-0.3, -0.25) is 0 Å². The lowest BCUT2D eigenvalue weighted by atomic mass is 9.88. The Kier molecular flexibility index (Phi) is 3.54. The first-order valence-corrected chi connectivity index (χ1v) is 7.18. The minimum Gasteiger partial charge on any atom is -0.391 e. The van der Waals surface area contributed by atoms with Gasteiger partial charge in [-0.15, -0.1) is 0 Å². The van der Waals surface area contributed by atoms with E-state index in [4.69, 9.17) is 5.73 Å². The van der Waals surface area contributed by atoms with E-state index in [9.17, 15) is 5.11 Å². The van der Waals surface area contributed by atoms with Crippen LogP contribution in [0.3, 0.4) is 0 Å².